The van der Waals surface area contributed by atoms with Gasteiger partial charge in [0.15, 0.2) is 0 Å². The lowest BCUT2D eigenvalue weighted by molar-refractivity contribution is 0.0830. The van der Waals surface area contributed by atoms with Gasteiger partial charge in [-0.2, -0.15) is 11.3 Å². The first kappa shape index (κ1) is 29.9. The topological polar surface area (TPSA) is 120 Å². The monoisotopic (exact) mass is 586 g/mol. The maximum atomic E-state index is 13.6. The van der Waals surface area contributed by atoms with Crippen LogP contribution in [0.2, 0.25) is 0 Å². The van der Waals surface area contributed by atoms with E-state index in [1.54, 1.807) is 36.6 Å². The molecule has 0 unspecified atom stereocenters. The lowest BCUT2D eigenvalue weighted by Crippen LogP contribution is -2.48. The average Bonchev–Trinajstić information content (AvgIpc) is 3.45. The Hall–Kier alpha value is -3.12. The van der Waals surface area contributed by atoms with Crippen molar-refractivity contribution in [2.24, 2.45) is 0 Å². The molecule has 4 rings (SSSR count). The highest BCUT2D eigenvalue weighted by Crippen LogP contribution is 2.28. The van der Waals surface area contributed by atoms with Crippen LogP contribution in [-0.2, 0) is 23.0 Å². The van der Waals surface area contributed by atoms with Crippen LogP contribution in [0.15, 0.2) is 59.3 Å². The molecular weight excluding hydrogens is 548 g/mol. The van der Waals surface area contributed by atoms with E-state index in [0.717, 1.165) is 23.3 Å². The third kappa shape index (κ3) is 7.97. The second-order valence-corrected chi connectivity index (χ2v) is 12.7. The van der Waals surface area contributed by atoms with Gasteiger partial charge >= 0.3 is 0 Å². The smallest absolute Gasteiger partial charge is 0.251 e. The summed E-state index contributed by atoms with van der Waals surface area (Å²) in [5.74, 6) is 0.485. The molecule has 1 amide bonds. The summed E-state index contributed by atoms with van der Waals surface area (Å²) >= 11 is 1.56. The molecule has 2 atom stereocenters. The number of benzene rings is 2. The molecule has 2 aromatic carbocycles. The second kappa shape index (κ2) is 14.0. The minimum Gasteiger partial charge on any atom is -0.497 e. The van der Waals surface area contributed by atoms with Crippen molar-refractivity contribution in [1.29, 1.82) is 0 Å². The maximum absolute atomic E-state index is 13.6. The van der Waals surface area contributed by atoms with Crippen molar-refractivity contribution in [1.82, 2.24) is 10.6 Å². The van der Waals surface area contributed by atoms with Gasteiger partial charge < -0.3 is 25.8 Å². The summed E-state index contributed by atoms with van der Waals surface area (Å²) in [7, 11) is -1.82. The first-order chi connectivity index (χ1) is 19.3. The number of sulfonamides is 1. The van der Waals surface area contributed by atoms with Crippen molar-refractivity contribution in [3.8, 4) is 5.75 Å². The van der Waals surface area contributed by atoms with Crippen LogP contribution in [0.3, 0.4) is 0 Å². The predicted octanol–water partition coefficient (Wildman–Crippen LogP) is 3.61. The van der Waals surface area contributed by atoms with Crippen LogP contribution in [0.25, 0.3) is 0 Å². The number of nitrogens with zero attached hydrogens (tertiary/aromatic N) is 1. The van der Waals surface area contributed by atoms with Gasteiger partial charge in [-0.15, -0.1) is 0 Å². The Bertz CT molecular complexity index is 1360. The van der Waals surface area contributed by atoms with Crippen LogP contribution in [0.4, 0.5) is 11.4 Å². The van der Waals surface area contributed by atoms with Crippen LogP contribution in [-0.4, -0.2) is 64.1 Å². The SMILES string of the molecule is CCNc1cc(C(=O)N[C@@H](Cc2ccsc2)[C@H](O)CNCc2cccc(OC)c2)cc(N2CCCCS2(=O)=O)c1. The number of anilines is 2. The van der Waals surface area contributed by atoms with E-state index in [0.29, 0.717) is 49.4 Å². The fourth-order valence-corrected chi connectivity index (χ4v) is 7.06. The molecule has 9 nitrogen and oxygen atoms in total. The number of carbonyl (C=O) groups is 1. The molecule has 0 saturated carbocycles. The molecule has 11 heteroatoms. The summed E-state index contributed by atoms with van der Waals surface area (Å²) in [6, 6.07) is 14.2. The normalized spacial score (nSPS) is 16.2. The van der Waals surface area contributed by atoms with Crippen molar-refractivity contribution in [2.75, 3.05) is 42.1 Å². The van der Waals surface area contributed by atoms with Gasteiger partial charge in [-0.25, -0.2) is 8.42 Å². The van der Waals surface area contributed by atoms with Crippen molar-refractivity contribution in [3.63, 3.8) is 0 Å². The number of methoxy groups -OCH3 is 1. The molecule has 3 aromatic rings. The van der Waals surface area contributed by atoms with Crippen LogP contribution in [0, 0.1) is 0 Å². The van der Waals surface area contributed by atoms with E-state index in [4.69, 9.17) is 4.74 Å². The minimum atomic E-state index is -3.44. The number of carbonyl (C=O) groups excluding carboxylic acids is 1. The minimum absolute atomic E-state index is 0.0949. The van der Waals surface area contributed by atoms with Crippen molar-refractivity contribution < 1.29 is 23.1 Å². The van der Waals surface area contributed by atoms with Crippen LogP contribution >= 0.6 is 11.3 Å². The van der Waals surface area contributed by atoms with E-state index in [2.05, 4.69) is 16.0 Å². The van der Waals surface area contributed by atoms with Crippen molar-refractivity contribution in [2.45, 2.75) is 44.9 Å². The zero-order chi connectivity index (χ0) is 28.5. The summed E-state index contributed by atoms with van der Waals surface area (Å²) < 4.78 is 32.2. The molecule has 1 saturated heterocycles. The van der Waals surface area contributed by atoms with Gasteiger partial charge in [0.1, 0.15) is 5.75 Å². The quantitative estimate of drug-likeness (QED) is 0.242. The maximum Gasteiger partial charge on any atom is 0.251 e. The van der Waals surface area contributed by atoms with E-state index in [-0.39, 0.29) is 18.2 Å². The molecule has 1 aliphatic rings. The van der Waals surface area contributed by atoms with Crippen LogP contribution in [0.5, 0.6) is 5.75 Å². The van der Waals surface area contributed by atoms with Gasteiger partial charge in [0, 0.05) is 37.4 Å². The zero-order valence-corrected chi connectivity index (χ0v) is 24.6. The first-order valence-electron chi connectivity index (χ1n) is 13.5. The fourth-order valence-electron chi connectivity index (χ4n) is 4.76. The Morgan fingerprint density at radius 2 is 2.00 bits per heavy atom. The molecule has 0 spiro atoms. The summed E-state index contributed by atoms with van der Waals surface area (Å²) in [4.78, 5) is 13.6. The number of ether oxygens (including phenoxy) is 1. The van der Waals surface area contributed by atoms with Crippen LogP contribution < -0.4 is 25.0 Å². The predicted molar refractivity (Wildman–Crippen MR) is 161 cm³/mol. The molecule has 0 radical (unpaired) electrons. The summed E-state index contributed by atoms with van der Waals surface area (Å²) in [6.07, 6.45) is 0.988. The standard InChI is InChI=1S/C29H38N4O5S2/c1-3-31-24-15-23(16-25(17-24)33-10-4-5-12-40(33,36)37)29(35)32-27(14-22-9-11-39-20-22)28(34)19-30-18-21-7-6-8-26(13-21)38-2/h6-9,11,13,15-17,20,27-28,30-31,34H,3-5,10,12,14,18-19H2,1-2H3,(H,32,35)/t27-,28+/m0/s1. The van der Waals surface area contributed by atoms with Gasteiger partial charge in [0.25, 0.3) is 5.91 Å². The highest BCUT2D eigenvalue weighted by atomic mass is 32.2. The van der Waals surface area contributed by atoms with E-state index in [9.17, 15) is 18.3 Å². The number of hydrogen-bond acceptors (Lipinski definition) is 8. The molecule has 1 aromatic heterocycles. The summed E-state index contributed by atoms with van der Waals surface area (Å²) in [5.41, 5.74) is 3.51. The lowest BCUT2D eigenvalue weighted by Gasteiger charge is -2.29. The number of hydrogen-bond donors (Lipinski definition) is 4. The third-order valence-corrected chi connectivity index (χ3v) is 9.43. The van der Waals surface area contributed by atoms with Crippen LogP contribution in [0.1, 0.15) is 41.3 Å². The van der Waals surface area contributed by atoms with E-state index in [1.807, 2.05) is 48.0 Å². The van der Waals surface area contributed by atoms with Crippen molar-refractivity contribution >= 4 is 38.6 Å². The number of aliphatic hydroxyl groups is 1. The first-order valence-corrected chi connectivity index (χ1v) is 16.1. The van der Waals surface area contributed by atoms with Crippen molar-refractivity contribution in [3.05, 3.63) is 76.0 Å². The Labute approximate surface area is 240 Å². The molecule has 1 aliphatic heterocycles. The number of nitrogens with one attached hydrogen (secondary N) is 3. The summed E-state index contributed by atoms with van der Waals surface area (Å²) in [5, 5.41) is 24.6. The van der Waals surface area contributed by atoms with E-state index in [1.165, 1.54) is 4.31 Å². The average molecular weight is 587 g/mol. The van der Waals surface area contributed by atoms with E-state index < -0.39 is 22.2 Å². The van der Waals surface area contributed by atoms with Gasteiger partial charge in [0.2, 0.25) is 10.0 Å². The third-order valence-electron chi connectivity index (χ3n) is 6.83. The second-order valence-electron chi connectivity index (χ2n) is 9.86. The molecular formula is C29H38N4O5S2. The zero-order valence-electron chi connectivity index (χ0n) is 22.9. The molecule has 216 valence electrons. The Balaban J connectivity index is 1.51. The fraction of sp³-hybridized carbons (Fsp3) is 0.414. The Morgan fingerprint density at radius 3 is 2.73 bits per heavy atom. The van der Waals surface area contributed by atoms with Gasteiger partial charge in [-0.05, 0) is 84.5 Å². The van der Waals surface area contributed by atoms with Gasteiger partial charge in [-0.3, -0.25) is 9.10 Å². The number of amides is 1. The molecule has 0 aliphatic carbocycles. The molecule has 40 heavy (non-hydrogen) atoms. The number of thiophene rings is 1. The van der Waals surface area contributed by atoms with Gasteiger partial charge in [0.05, 0.1) is 30.7 Å². The molecule has 0 bridgehead atoms. The Morgan fingerprint density at radius 1 is 1.15 bits per heavy atom. The largest absolute Gasteiger partial charge is 0.497 e. The summed E-state index contributed by atoms with van der Waals surface area (Å²) in [6.45, 7) is 3.75. The van der Waals surface area contributed by atoms with E-state index >= 15 is 0 Å². The molecule has 1 fully saturated rings. The Kier molecular flexibility index (Phi) is 10.4. The molecule has 4 N–H and O–H groups in total. The number of aliphatic hydroxyl groups excluding tert-OH is 1. The lowest BCUT2D eigenvalue weighted by atomic mass is 10.0. The number of rotatable bonds is 13. The highest BCUT2D eigenvalue weighted by Gasteiger charge is 2.28. The molecule has 2 heterocycles. The van der Waals surface area contributed by atoms with Gasteiger partial charge in [-0.1, -0.05) is 12.1 Å². The highest BCUT2D eigenvalue weighted by molar-refractivity contribution is 7.92.